The number of amides is 1. The molecular weight excluding hydrogens is 322 g/mol. The van der Waals surface area contributed by atoms with Gasteiger partial charge in [0.25, 0.3) is 11.3 Å². The van der Waals surface area contributed by atoms with Crippen LogP contribution in [0.2, 0.25) is 0 Å². The van der Waals surface area contributed by atoms with Gasteiger partial charge in [0.2, 0.25) is 5.91 Å². The molecular formula is C17H25N5O3. The molecule has 1 aliphatic heterocycles. The van der Waals surface area contributed by atoms with Crippen LogP contribution in [-0.4, -0.2) is 51.2 Å². The lowest BCUT2D eigenvalue weighted by Crippen LogP contribution is -2.37. The van der Waals surface area contributed by atoms with Crippen LogP contribution in [0.15, 0.2) is 9.32 Å². The third-order valence-corrected chi connectivity index (χ3v) is 4.91. The van der Waals surface area contributed by atoms with E-state index >= 15 is 0 Å². The summed E-state index contributed by atoms with van der Waals surface area (Å²) in [7, 11) is 0. The molecule has 2 aromatic rings. The van der Waals surface area contributed by atoms with Gasteiger partial charge in [0.05, 0.1) is 5.69 Å². The maximum atomic E-state index is 12.6. The largest absolute Gasteiger partial charge is 0.354 e. The van der Waals surface area contributed by atoms with Gasteiger partial charge < -0.3 is 14.7 Å². The van der Waals surface area contributed by atoms with Crippen LogP contribution < -0.4 is 10.9 Å². The average Bonchev–Trinajstić information content (AvgIpc) is 3.21. The number of carbonyl (C=O) groups is 1. The number of aromatic nitrogens is 3. The Morgan fingerprint density at radius 1 is 1.32 bits per heavy atom. The summed E-state index contributed by atoms with van der Waals surface area (Å²) in [6.45, 7) is 8.41. The fourth-order valence-corrected chi connectivity index (χ4v) is 3.34. The highest BCUT2D eigenvalue weighted by Crippen LogP contribution is 2.13. The molecule has 25 heavy (non-hydrogen) atoms. The Morgan fingerprint density at radius 3 is 2.76 bits per heavy atom. The zero-order valence-corrected chi connectivity index (χ0v) is 15.0. The maximum Gasteiger partial charge on any atom is 0.267 e. The van der Waals surface area contributed by atoms with Crippen molar-refractivity contribution >= 4 is 17.0 Å². The first-order valence-electron chi connectivity index (χ1n) is 8.81. The quantitative estimate of drug-likeness (QED) is 0.838. The van der Waals surface area contributed by atoms with E-state index < -0.39 is 0 Å². The van der Waals surface area contributed by atoms with Crippen molar-refractivity contribution < 1.29 is 9.32 Å². The molecule has 1 N–H and O–H groups in total. The molecule has 136 valence electrons. The Morgan fingerprint density at radius 2 is 2.04 bits per heavy atom. The number of hydrogen-bond donors (Lipinski definition) is 1. The predicted molar refractivity (Wildman–Crippen MR) is 93.4 cm³/mol. The molecule has 0 aliphatic carbocycles. The Bertz CT molecular complexity index is 820. The molecule has 1 fully saturated rings. The molecule has 0 bridgehead atoms. The summed E-state index contributed by atoms with van der Waals surface area (Å²) in [5.74, 6) is 0.253. The van der Waals surface area contributed by atoms with Gasteiger partial charge in [-0.05, 0) is 53.1 Å². The summed E-state index contributed by atoms with van der Waals surface area (Å²) in [6, 6.07) is 0.463. The van der Waals surface area contributed by atoms with Crippen LogP contribution >= 0.6 is 0 Å². The molecule has 1 amide bonds. The molecule has 2 aromatic heterocycles. The van der Waals surface area contributed by atoms with Gasteiger partial charge in [-0.15, -0.1) is 0 Å². The summed E-state index contributed by atoms with van der Waals surface area (Å²) in [6.07, 6.45) is 3.43. The predicted octanol–water partition coefficient (Wildman–Crippen LogP) is 0.992. The van der Waals surface area contributed by atoms with Crippen molar-refractivity contribution in [2.75, 3.05) is 19.6 Å². The van der Waals surface area contributed by atoms with Gasteiger partial charge in [-0.3, -0.25) is 14.2 Å². The van der Waals surface area contributed by atoms with E-state index in [1.165, 1.54) is 17.4 Å². The average molecular weight is 347 g/mol. The van der Waals surface area contributed by atoms with Gasteiger partial charge in [-0.25, -0.2) is 0 Å². The molecule has 3 rings (SSSR count). The van der Waals surface area contributed by atoms with Crippen molar-refractivity contribution in [1.29, 1.82) is 0 Å². The van der Waals surface area contributed by atoms with E-state index in [-0.39, 0.29) is 23.7 Å². The van der Waals surface area contributed by atoms with E-state index in [9.17, 15) is 9.59 Å². The second-order valence-corrected chi connectivity index (χ2v) is 6.73. The van der Waals surface area contributed by atoms with Gasteiger partial charge in [0.15, 0.2) is 0 Å². The molecule has 0 aromatic carbocycles. The SMILES string of the molecule is Cc1noc2nc(C)n(CC(=O)NCCC(C)N3CCCC3)c(=O)c12. The zero-order valence-electron chi connectivity index (χ0n) is 15.0. The first-order valence-corrected chi connectivity index (χ1v) is 8.81. The van der Waals surface area contributed by atoms with Crippen molar-refractivity contribution in [1.82, 2.24) is 24.9 Å². The molecule has 1 saturated heterocycles. The van der Waals surface area contributed by atoms with Crippen molar-refractivity contribution in [3.63, 3.8) is 0 Å². The van der Waals surface area contributed by atoms with Crippen LogP contribution in [0.4, 0.5) is 0 Å². The van der Waals surface area contributed by atoms with Gasteiger partial charge >= 0.3 is 0 Å². The smallest absolute Gasteiger partial charge is 0.267 e. The fourth-order valence-electron chi connectivity index (χ4n) is 3.34. The van der Waals surface area contributed by atoms with Crippen molar-refractivity contribution in [2.24, 2.45) is 0 Å². The minimum Gasteiger partial charge on any atom is -0.354 e. The van der Waals surface area contributed by atoms with Crippen LogP contribution in [0.1, 0.15) is 37.7 Å². The molecule has 1 atom stereocenters. The first kappa shape index (κ1) is 17.6. The fraction of sp³-hybridized carbons (Fsp3) is 0.647. The highest BCUT2D eigenvalue weighted by atomic mass is 16.5. The zero-order chi connectivity index (χ0) is 18.0. The van der Waals surface area contributed by atoms with Crippen LogP contribution in [0.25, 0.3) is 11.1 Å². The lowest BCUT2D eigenvalue weighted by molar-refractivity contribution is -0.121. The maximum absolute atomic E-state index is 12.6. The summed E-state index contributed by atoms with van der Waals surface area (Å²) < 4.78 is 6.40. The highest BCUT2D eigenvalue weighted by Gasteiger charge is 2.19. The molecule has 0 radical (unpaired) electrons. The van der Waals surface area contributed by atoms with Crippen LogP contribution in [0.3, 0.4) is 0 Å². The summed E-state index contributed by atoms with van der Waals surface area (Å²) in [5, 5.41) is 7.01. The third kappa shape index (κ3) is 3.73. The van der Waals surface area contributed by atoms with E-state index in [2.05, 4.69) is 27.3 Å². The third-order valence-electron chi connectivity index (χ3n) is 4.91. The highest BCUT2D eigenvalue weighted by molar-refractivity contribution is 5.77. The number of hydrogen-bond acceptors (Lipinski definition) is 6. The molecule has 8 nitrogen and oxygen atoms in total. The van der Waals surface area contributed by atoms with E-state index in [1.54, 1.807) is 13.8 Å². The normalized spacial score (nSPS) is 16.4. The molecule has 1 unspecified atom stereocenters. The number of nitrogens with zero attached hydrogens (tertiary/aromatic N) is 4. The Labute approximate surface area is 146 Å². The Hall–Kier alpha value is -2.22. The van der Waals surface area contributed by atoms with Crippen molar-refractivity contribution in [3.8, 4) is 0 Å². The van der Waals surface area contributed by atoms with E-state index in [1.807, 2.05) is 0 Å². The van der Waals surface area contributed by atoms with Crippen molar-refractivity contribution in [2.45, 2.75) is 52.6 Å². The minimum atomic E-state index is -0.290. The standard InChI is InChI=1S/C17H25N5O3/c1-11(21-8-4-5-9-21)6-7-18-14(23)10-22-13(3)19-16-15(17(22)24)12(2)20-25-16/h11H,4-10H2,1-3H3,(H,18,23). The Balaban J connectivity index is 1.60. The second-order valence-electron chi connectivity index (χ2n) is 6.73. The molecule has 0 saturated carbocycles. The molecule has 8 heteroatoms. The molecule has 0 spiro atoms. The summed E-state index contributed by atoms with van der Waals surface area (Å²) in [4.78, 5) is 31.5. The number of nitrogens with one attached hydrogen (secondary N) is 1. The minimum absolute atomic E-state index is 0.0453. The number of fused-ring (bicyclic) bond motifs is 1. The van der Waals surface area contributed by atoms with Gasteiger partial charge in [0, 0.05) is 12.6 Å². The van der Waals surface area contributed by atoms with Crippen LogP contribution in [-0.2, 0) is 11.3 Å². The van der Waals surface area contributed by atoms with Gasteiger partial charge in [-0.1, -0.05) is 5.16 Å². The van der Waals surface area contributed by atoms with Crippen LogP contribution in [0, 0.1) is 13.8 Å². The lowest BCUT2D eigenvalue weighted by Gasteiger charge is -2.23. The monoisotopic (exact) mass is 347 g/mol. The van der Waals surface area contributed by atoms with Gasteiger partial charge in [-0.2, -0.15) is 4.98 Å². The number of aryl methyl sites for hydroxylation is 2. The first-order chi connectivity index (χ1) is 12.0. The summed E-state index contributed by atoms with van der Waals surface area (Å²) in [5.41, 5.74) is 0.416. The van der Waals surface area contributed by atoms with Crippen molar-refractivity contribution in [3.05, 3.63) is 21.9 Å². The molecule has 3 heterocycles. The number of rotatable bonds is 6. The van der Waals surface area contributed by atoms with E-state index in [0.29, 0.717) is 29.5 Å². The Kier molecular flexibility index (Phi) is 5.17. The second kappa shape index (κ2) is 7.35. The van der Waals surface area contributed by atoms with E-state index in [4.69, 9.17) is 4.52 Å². The van der Waals surface area contributed by atoms with E-state index in [0.717, 1.165) is 19.5 Å². The topological polar surface area (TPSA) is 93.3 Å². The van der Waals surface area contributed by atoms with Gasteiger partial charge in [0.1, 0.15) is 17.8 Å². The number of carbonyl (C=O) groups excluding carboxylic acids is 1. The number of likely N-dealkylation sites (tertiary alicyclic amines) is 1. The van der Waals surface area contributed by atoms with Crippen LogP contribution in [0.5, 0.6) is 0 Å². The lowest BCUT2D eigenvalue weighted by atomic mass is 10.2. The molecule has 1 aliphatic rings. The summed E-state index contributed by atoms with van der Waals surface area (Å²) >= 11 is 0.